The van der Waals surface area contributed by atoms with Crippen LogP contribution in [-0.4, -0.2) is 51.8 Å². The summed E-state index contributed by atoms with van der Waals surface area (Å²) >= 11 is 1.78. The van der Waals surface area contributed by atoms with E-state index < -0.39 is 0 Å². The molecule has 1 aliphatic heterocycles. The molecule has 3 fully saturated rings. The average molecular weight is 414 g/mol. The lowest BCUT2D eigenvalue weighted by atomic mass is 10.0. The lowest BCUT2D eigenvalue weighted by Crippen LogP contribution is -2.44. The number of aryl methyl sites for hydroxylation is 2. The van der Waals surface area contributed by atoms with Gasteiger partial charge in [-0.15, -0.1) is 11.3 Å². The fraction of sp³-hybridized carbons (Fsp3) is 0.636. The van der Waals surface area contributed by atoms with E-state index in [0.717, 1.165) is 28.7 Å². The molecular formula is C22H31N5OS. The van der Waals surface area contributed by atoms with Crippen molar-refractivity contribution in [3.63, 3.8) is 0 Å². The second-order valence-electron chi connectivity index (χ2n) is 8.81. The molecule has 2 saturated carbocycles. The summed E-state index contributed by atoms with van der Waals surface area (Å²) in [7, 11) is 0. The maximum absolute atomic E-state index is 12.7. The molecule has 0 bridgehead atoms. The first-order chi connectivity index (χ1) is 14.1. The Bertz CT molecular complexity index is 878. The molecular weight excluding hydrogens is 382 g/mol. The first kappa shape index (κ1) is 19.3. The zero-order chi connectivity index (χ0) is 20.0. The van der Waals surface area contributed by atoms with Crippen molar-refractivity contribution in [2.75, 3.05) is 18.4 Å². The molecule has 1 amide bonds. The molecule has 2 aromatic heterocycles. The largest absolute Gasteiger partial charge is 0.319 e. The van der Waals surface area contributed by atoms with Gasteiger partial charge in [0.15, 0.2) is 0 Å². The summed E-state index contributed by atoms with van der Waals surface area (Å²) in [5.41, 5.74) is 1.56. The number of amides is 1. The van der Waals surface area contributed by atoms with Crippen LogP contribution in [0.25, 0.3) is 0 Å². The average Bonchev–Trinajstić information content (AvgIpc) is 3.63. The fourth-order valence-corrected chi connectivity index (χ4v) is 5.78. The summed E-state index contributed by atoms with van der Waals surface area (Å²) in [6, 6.07) is 4.27. The molecule has 3 aliphatic rings. The summed E-state index contributed by atoms with van der Waals surface area (Å²) in [6.07, 6.45) is 10.2. The van der Waals surface area contributed by atoms with E-state index in [0.29, 0.717) is 18.0 Å². The molecule has 2 aliphatic carbocycles. The van der Waals surface area contributed by atoms with Crippen molar-refractivity contribution in [2.45, 2.75) is 76.5 Å². The van der Waals surface area contributed by atoms with E-state index in [-0.39, 0.29) is 5.91 Å². The summed E-state index contributed by atoms with van der Waals surface area (Å²) in [4.78, 5) is 17.8. The van der Waals surface area contributed by atoms with Gasteiger partial charge in [0.05, 0.1) is 17.4 Å². The zero-order valence-electron chi connectivity index (χ0n) is 17.4. The van der Waals surface area contributed by atoms with Gasteiger partial charge in [0.1, 0.15) is 0 Å². The van der Waals surface area contributed by atoms with E-state index in [1.165, 1.54) is 50.1 Å². The molecule has 156 valence electrons. The molecule has 2 atom stereocenters. The predicted molar refractivity (Wildman–Crippen MR) is 117 cm³/mol. The van der Waals surface area contributed by atoms with Crippen LogP contribution in [0.3, 0.4) is 0 Å². The number of anilines is 1. The second-order valence-corrected chi connectivity index (χ2v) is 10.1. The molecule has 29 heavy (non-hydrogen) atoms. The third-order valence-corrected chi connectivity index (χ3v) is 7.78. The monoisotopic (exact) mass is 413 g/mol. The van der Waals surface area contributed by atoms with Gasteiger partial charge < -0.3 is 15.5 Å². The van der Waals surface area contributed by atoms with Gasteiger partial charge >= 0.3 is 0 Å². The molecule has 1 saturated heterocycles. The van der Waals surface area contributed by atoms with Crippen molar-refractivity contribution in [3.8, 4) is 0 Å². The maximum Gasteiger partial charge on any atom is 0.256 e. The molecule has 0 radical (unpaired) electrons. The summed E-state index contributed by atoms with van der Waals surface area (Å²) in [5, 5.41) is 11.1. The van der Waals surface area contributed by atoms with Gasteiger partial charge in [0.2, 0.25) is 0 Å². The highest BCUT2D eigenvalue weighted by Crippen LogP contribution is 2.45. The molecule has 5 rings (SSSR count). The Kier molecular flexibility index (Phi) is 5.22. The summed E-state index contributed by atoms with van der Waals surface area (Å²) in [6.45, 7) is 7.40. The number of piperidine rings is 1. The van der Waals surface area contributed by atoms with Crippen LogP contribution in [0.4, 0.5) is 5.69 Å². The van der Waals surface area contributed by atoms with Gasteiger partial charge in [-0.1, -0.05) is 0 Å². The fourth-order valence-electron chi connectivity index (χ4n) is 4.58. The third-order valence-electron chi connectivity index (χ3n) is 6.60. The van der Waals surface area contributed by atoms with Crippen LogP contribution in [0.15, 0.2) is 18.5 Å². The van der Waals surface area contributed by atoms with Crippen LogP contribution in [0.5, 0.6) is 0 Å². The lowest BCUT2D eigenvalue weighted by molar-refractivity contribution is 0.102. The topological polar surface area (TPSA) is 62.2 Å². The Morgan fingerprint density at radius 1 is 1.28 bits per heavy atom. The van der Waals surface area contributed by atoms with Crippen LogP contribution in [0.1, 0.15) is 65.1 Å². The Balaban J connectivity index is 1.15. The molecule has 6 nitrogen and oxygen atoms in total. The molecule has 2 aromatic rings. The number of nitrogens with zero attached hydrogens (tertiary/aromatic N) is 3. The highest BCUT2D eigenvalue weighted by molar-refractivity contribution is 7.12. The van der Waals surface area contributed by atoms with Crippen molar-refractivity contribution in [2.24, 2.45) is 0 Å². The number of carbonyl (C=O) groups excluding carboxylic acids is 1. The van der Waals surface area contributed by atoms with Crippen LogP contribution in [-0.2, 0) is 6.54 Å². The summed E-state index contributed by atoms with van der Waals surface area (Å²) < 4.78 is 1.82. The van der Waals surface area contributed by atoms with Crippen molar-refractivity contribution in [3.05, 3.63) is 33.8 Å². The Morgan fingerprint density at radius 2 is 2.07 bits per heavy atom. The number of thiophene rings is 1. The van der Waals surface area contributed by atoms with E-state index >= 15 is 0 Å². The van der Waals surface area contributed by atoms with E-state index in [1.807, 2.05) is 17.8 Å². The molecule has 2 N–H and O–H groups in total. The first-order valence-electron chi connectivity index (χ1n) is 11.0. The number of aromatic nitrogens is 2. The van der Waals surface area contributed by atoms with Crippen molar-refractivity contribution in [1.82, 2.24) is 20.0 Å². The van der Waals surface area contributed by atoms with Gasteiger partial charge in [-0.25, -0.2) is 0 Å². The highest BCUT2D eigenvalue weighted by Gasteiger charge is 2.42. The Morgan fingerprint density at radius 3 is 2.76 bits per heavy atom. The van der Waals surface area contributed by atoms with Gasteiger partial charge in [-0.05, 0) is 65.1 Å². The predicted octanol–water partition coefficient (Wildman–Crippen LogP) is 3.60. The quantitative estimate of drug-likeness (QED) is 0.728. The molecule has 2 unspecified atom stereocenters. The number of hydrogen-bond donors (Lipinski definition) is 2. The highest BCUT2D eigenvalue weighted by atomic mass is 32.1. The molecule has 3 heterocycles. The van der Waals surface area contributed by atoms with Crippen LogP contribution < -0.4 is 10.6 Å². The number of hydrogen-bond acceptors (Lipinski definition) is 5. The van der Waals surface area contributed by atoms with E-state index in [1.54, 1.807) is 17.5 Å². The first-order valence-corrected chi connectivity index (χ1v) is 11.9. The lowest BCUT2D eigenvalue weighted by Gasteiger charge is -2.32. The zero-order valence-corrected chi connectivity index (χ0v) is 18.2. The van der Waals surface area contributed by atoms with Crippen LogP contribution in [0.2, 0.25) is 0 Å². The minimum absolute atomic E-state index is 0.0294. The third kappa shape index (κ3) is 4.27. The van der Waals surface area contributed by atoms with E-state index in [2.05, 4.69) is 33.6 Å². The molecule has 7 heteroatoms. The van der Waals surface area contributed by atoms with Gasteiger partial charge in [-0.2, -0.15) is 5.10 Å². The summed E-state index contributed by atoms with van der Waals surface area (Å²) in [5.74, 6) is 0.544. The Hall–Kier alpha value is -1.70. The van der Waals surface area contributed by atoms with Crippen molar-refractivity contribution < 1.29 is 4.79 Å². The van der Waals surface area contributed by atoms with Crippen molar-refractivity contribution >= 4 is 22.9 Å². The van der Waals surface area contributed by atoms with E-state index in [4.69, 9.17) is 0 Å². The maximum atomic E-state index is 12.7. The van der Waals surface area contributed by atoms with Gasteiger partial charge in [0, 0.05) is 46.5 Å². The standard InChI is InChI=1S/C22H31N5OS/c1-3-27-13-16(12-23-27)25-22(28)18-11-21(29-14(18)2)19-10-20(19)24-15-6-8-26(9-7-15)17-4-5-17/h11-13,15,17,19-20,24H,3-10H2,1-2H3,(H,25,28). The minimum Gasteiger partial charge on any atom is -0.319 e. The second kappa shape index (κ2) is 7.85. The normalized spacial score (nSPS) is 25.3. The van der Waals surface area contributed by atoms with Crippen LogP contribution in [0, 0.1) is 6.92 Å². The number of nitrogens with one attached hydrogen (secondary N) is 2. The van der Waals surface area contributed by atoms with Crippen LogP contribution >= 0.6 is 11.3 Å². The number of likely N-dealkylation sites (tertiary alicyclic amines) is 1. The minimum atomic E-state index is -0.0294. The van der Waals surface area contributed by atoms with Crippen molar-refractivity contribution in [1.29, 1.82) is 0 Å². The molecule has 0 spiro atoms. The van der Waals surface area contributed by atoms with Gasteiger partial charge in [-0.3, -0.25) is 9.48 Å². The Labute approximate surface area is 176 Å². The van der Waals surface area contributed by atoms with Gasteiger partial charge in [0.25, 0.3) is 5.91 Å². The number of carbonyl (C=O) groups is 1. The smallest absolute Gasteiger partial charge is 0.256 e. The van der Waals surface area contributed by atoms with E-state index in [9.17, 15) is 4.79 Å². The molecule has 0 aromatic carbocycles. The number of rotatable bonds is 7. The SMILES string of the molecule is CCn1cc(NC(=O)c2cc(C3CC3NC3CCN(C4CC4)CC3)sc2C)cn1.